The van der Waals surface area contributed by atoms with E-state index in [4.69, 9.17) is 5.73 Å². The molecule has 0 saturated carbocycles. The largest absolute Gasteiger partial charge is 0.365 e. The van der Waals surface area contributed by atoms with Crippen LogP contribution in [0.2, 0.25) is 0 Å². The van der Waals surface area contributed by atoms with E-state index in [0.29, 0.717) is 42.7 Å². The van der Waals surface area contributed by atoms with Gasteiger partial charge >= 0.3 is 0 Å². The summed E-state index contributed by atoms with van der Waals surface area (Å²) in [5, 5.41) is 0. The van der Waals surface area contributed by atoms with Crippen molar-refractivity contribution in [1.29, 1.82) is 0 Å². The number of likely N-dealkylation sites (tertiary alicyclic amines) is 1. The smallest absolute Gasteiger partial charge is 0.268 e. The zero-order valence-electron chi connectivity index (χ0n) is 17.6. The average molecular weight is 426 g/mol. The predicted octanol–water partition coefficient (Wildman–Crippen LogP) is 1.83. The van der Waals surface area contributed by atoms with Crippen LogP contribution in [0.4, 0.5) is 4.39 Å². The van der Waals surface area contributed by atoms with Crippen LogP contribution < -0.4 is 11.3 Å². The number of benzene rings is 1. The van der Waals surface area contributed by atoms with Gasteiger partial charge in [-0.15, -0.1) is 0 Å². The molecule has 7 nitrogen and oxygen atoms in total. The molecule has 1 saturated heterocycles. The number of hydrogen-bond acceptors (Lipinski definition) is 4. The fourth-order valence-electron chi connectivity index (χ4n) is 4.65. The number of aromatic nitrogens is 1. The summed E-state index contributed by atoms with van der Waals surface area (Å²) in [6.07, 6.45) is 5.82. The number of piperidine rings is 1. The number of primary amides is 1. The van der Waals surface area contributed by atoms with Crippen molar-refractivity contribution in [2.75, 3.05) is 20.1 Å². The lowest BCUT2D eigenvalue weighted by atomic mass is 9.94. The molecule has 0 radical (unpaired) electrons. The van der Waals surface area contributed by atoms with E-state index < -0.39 is 17.3 Å². The van der Waals surface area contributed by atoms with Crippen LogP contribution in [0.3, 0.4) is 0 Å². The Morgan fingerprint density at radius 2 is 1.90 bits per heavy atom. The first-order valence-corrected chi connectivity index (χ1v) is 10.7. The van der Waals surface area contributed by atoms with Gasteiger partial charge in [0.05, 0.1) is 0 Å². The fourth-order valence-corrected chi connectivity index (χ4v) is 4.65. The van der Waals surface area contributed by atoms with Crippen molar-refractivity contribution in [3.8, 4) is 5.69 Å². The first-order valence-electron chi connectivity index (χ1n) is 10.7. The molecule has 2 aromatic rings. The maximum absolute atomic E-state index is 13.3. The van der Waals surface area contributed by atoms with E-state index in [1.807, 2.05) is 0 Å². The van der Waals surface area contributed by atoms with E-state index in [0.717, 1.165) is 25.8 Å². The number of rotatable bonds is 4. The molecule has 0 aliphatic carbocycles. The number of pyridine rings is 1. The number of nitrogens with two attached hydrogens (primary N) is 1. The minimum Gasteiger partial charge on any atom is -0.365 e. The molecule has 1 atom stereocenters. The first kappa shape index (κ1) is 21.2. The molecule has 3 heterocycles. The Morgan fingerprint density at radius 1 is 1.16 bits per heavy atom. The molecule has 0 spiro atoms. The van der Waals surface area contributed by atoms with E-state index in [9.17, 15) is 18.8 Å². The highest BCUT2D eigenvalue weighted by molar-refractivity contribution is 5.94. The summed E-state index contributed by atoms with van der Waals surface area (Å²) < 4.78 is 14.6. The summed E-state index contributed by atoms with van der Waals surface area (Å²) in [6.45, 7) is 1.77. The lowest BCUT2D eigenvalue weighted by Gasteiger charge is -2.35. The van der Waals surface area contributed by atoms with E-state index in [-0.39, 0.29) is 17.5 Å². The van der Waals surface area contributed by atoms with Crippen molar-refractivity contribution in [1.82, 2.24) is 14.4 Å². The van der Waals surface area contributed by atoms with Gasteiger partial charge in [-0.3, -0.25) is 19.0 Å². The first-order chi connectivity index (χ1) is 14.8. The normalized spacial score (nSPS) is 19.2. The van der Waals surface area contributed by atoms with Crippen LogP contribution in [0.15, 0.2) is 35.3 Å². The Labute approximate surface area is 180 Å². The molecule has 1 aromatic heterocycles. The molecule has 2 N–H and O–H groups in total. The Kier molecular flexibility index (Phi) is 5.91. The standard InChI is InChI=1S/C23H27FN4O3/c1-26-10-3-2-4-18(26)12-20(29)27-11-9-19-15(13-27)14-28(23(31)21(19)22(25)30)17-7-5-16(24)6-8-17/h5-8,14,18H,2-4,9-13H2,1H3,(H2,25,30). The molecule has 164 valence electrons. The summed E-state index contributed by atoms with van der Waals surface area (Å²) in [6, 6.07) is 5.69. The molecule has 1 aromatic carbocycles. The molecular formula is C23H27FN4O3. The van der Waals surface area contributed by atoms with Crippen molar-refractivity contribution in [2.24, 2.45) is 5.73 Å². The van der Waals surface area contributed by atoms with Crippen molar-refractivity contribution < 1.29 is 14.0 Å². The molecule has 4 rings (SSSR count). The van der Waals surface area contributed by atoms with E-state index in [1.165, 1.54) is 28.8 Å². The lowest BCUT2D eigenvalue weighted by molar-refractivity contribution is -0.133. The average Bonchev–Trinajstić information content (AvgIpc) is 2.75. The molecule has 2 aliphatic rings. The third kappa shape index (κ3) is 4.25. The summed E-state index contributed by atoms with van der Waals surface area (Å²) in [7, 11) is 2.06. The van der Waals surface area contributed by atoms with Gasteiger partial charge < -0.3 is 15.5 Å². The second-order valence-electron chi connectivity index (χ2n) is 8.42. The highest BCUT2D eigenvalue weighted by atomic mass is 19.1. The molecule has 8 heteroatoms. The van der Waals surface area contributed by atoms with Crippen LogP contribution in [0.5, 0.6) is 0 Å². The highest BCUT2D eigenvalue weighted by Gasteiger charge is 2.29. The van der Waals surface area contributed by atoms with Gasteiger partial charge in [-0.05, 0) is 68.2 Å². The molecule has 1 unspecified atom stereocenters. The minimum atomic E-state index is -0.790. The highest BCUT2D eigenvalue weighted by Crippen LogP contribution is 2.24. The van der Waals surface area contributed by atoms with Crippen LogP contribution in [-0.2, 0) is 17.8 Å². The number of halogens is 1. The number of amides is 2. The zero-order valence-corrected chi connectivity index (χ0v) is 17.6. The number of fused-ring (bicyclic) bond motifs is 1. The summed E-state index contributed by atoms with van der Waals surface area (Å²) >= 11 is 0. The quantitative estimate of drug-likeness (QED) is 0.808. The maximum atomic E-state index is 13.3. The van der Waals surface area contributed by atoms with E-state index in [1.54, 1.807) is 11.1 Å². The van der Waals surface area contributed by atoms with Crippen molar-refractivity contribution in [3.63, 3.8) is 0 Å². The van der Waals surface area contributed by atoms with Crippen molar-refractivity contribution in [2.45, 2.75) is 44.7 Å². The number of hydrogen-bond donors (Lipinski definition) is 1. The van der Waals surface area contributed by atoms with Crippen molar-refractivity contribution >= 4 is 11.8 Å². The minimum absolute atomic E-state index is 0.0547. The van der Waals surface area contributed by atoms with Gasteiger partial charge in [-0.1, -0.05) is 6.42 Å². The number of carbonyl (C=O) groups excluding carboxylic acids is 2. The summed E-state index contributed by atoms with van der Waals surface area (Å²) in [5.74, 6) is -1.14. The Bertz CT molecular complexity index is 1060. The van der Waals surface area contributed by atoms with Gasteiger partial charge in [0.25, 0.3) is 11.5 Å². The Morgan fingerprint density at radius 3 is 2.58 bits per heavy atom. The SMILES string of the molecule is CN1CCCCC1CC(=O)N1CCc2c(cn(-c3ccc(F)cc3)c(=O)c2C(N)=O)C1. The fraction of sp³-hybridized carbons (Fsp3) is 0.435. The van der Waals surface area contributed by atoms with Gasteiger partial charge in [-0.2, -0.15) is 0 Å². The van der Waals surface area contributed by atoms with Gasteiger partial charge in [-0.25, -0.2) is 4.39 Å². The Balaban J connectivity index is 1.64. The number of nitrogens with zero attached hydrogens (tertiary/aromatic N) is 3. The molecular weight excluding hydrogens is 399 g/mol. The third-order valence-electron chi connectivity index (χ3n) is 6.44. The molecule has 1 fully saturated rings. The second-order valence-corrected chi connectivity index (χ2v) is 8.42. The third-order valence-corrected chi connectivity index (χ3v) is 6.44. The maximum Gasteiger partial charge on any atom is 0.268 e. The topological polar surface area (TPSA) is 88.6 Å². The lowest BCUT2D eigenvalue weighted by Crippen LogP contribution is -2.44. The molecule has 0 bridgehead atoms. The van der Waals surface area contributed by atoms with E-state index >= 15 is 0 Å². The summed E-state index contributed by atoms with van der Waals surface area (Å²) in [5.41, 5.74) is 6.72. The number of carbonyl (C=O) groups is 2. The molecule has 2 amide bonds. The van der Waals surface area contributed by atoms with E-state index in [2.05, 4.69) is 11.9 Å². The zero-order chi connectivity index (χ0) is 22.1. The van der Waals surface area contributed by atoms with Gasteiger partial charge in [0, 0.05) is 37.4 Å². The van der Waals surface area contributed by atoms with Crippen LogP contribution in [0.1, 0.15) is 47.2 Å². The summed E-state index contributed by atoms with van der Waals surface area (Å²) in [4.78, 5) is 42.1. The van der Waals surface area contributed by atoms with Gasteiger partial charge in [0.15, 0.2) is 0 Å². The van der Waals surface area contributed by atoms with Crippen LogP contribution in [-0.4, -0.2) is 52.4 Å². The van der Waals surface area contributed by atoms with Crippen molar-refractivity contribution in [3.05, 3.63) is 63.3 Å². The predicted molar refractivity (Wildman–Crippen MR) is 115 cm³/mol. The monoisotopic (exact) mass is 426 g/mol. The Hall–Kier alpha value is -3.00. The molecule has 31 heavy (non-hydrogen) atoms. The van der Waals surface area contributed by atoms with Crippen LogP contribution in [0.25, 0.3) is 5.69 Å². The van der Waals surface area contributed by atoms with Gasteiger partial charge in [0.1, 0.15) is 11.4 Å². The van der Waals surface area contributed by atoms with Crippen LogP contribution >= 0.6 is 0 Å². The second kappa shape index (κ2) is 8.63. The van der Waals surface area contributed by atoms with Gasteiger partial charge in [0.2, 0.25) is 5.91 Å². The van der Waals surface area contributed by atoms with Crippen LogP contribution in [0, 0.1) is 5.82 Å². The molecule has 2 aliphatic heterocycles.